The minimum Gasteiger partial charge on any atom is -0.480 e. The van der Waals surface area contributed by atoms with E-state index in [4.69, 9.17) is 9.84 Å². The van der Waals surface area contributed by atoms with Gasteiger partial charge < -0.3 is 25.2 Å². The zero-order valence-corrected chi connectivity index (χ0v) is 14.3. The molecule has 144 valence electrons. The van der Waals surface area contributed by atoms with Crippen LogP contribution in [0.3, 0.4) is 0 Å². The number of amides is 4. The van der Waals surface area contributed by atoms with Gasteiger partial charge >= 0.3 is 18.1 Å². The second kappa shape index (κ2) is 7.62. The summed E-state index contributed by atoms with van der Waals surface area (Å²) in [5.41, 5.74) is 0.789. The van der Waals surface area contributed by atoms with Crippen molar-refractivity contribution >= 4 is 24.0 Å². The van der Waals surface area contributed by atoms with Crippen LogP contribution in [-0.2, 0) is 20.9 Å². The average molecular weight is 377 g/mol. The highest BCUT2D eigenvalue weighted by Crippen LogP contribution is 2.23. The number of aliphatic hydroxyl groups is 1. The number of carboxylic acids is 1. The van der Waals surface area contributed by atoms with Crippen molar-refractivity contribution in [1.82, 2.24) is 15.1 Å². The number of carbonyl (C=O) groups is 4. The third-order valence-electron chi connectivity index (χ3n) is 4.47. The molecule has 0 unspecified atom stereocenters. The quantitative estimate of drug-likeness (QED) is 0.616. The fourth-order valence-electron chi connectivity index (χ4n) is 3.03. The summed E-state index contributed by atoms with van der Waals surface area (Å²) < 4.78 is 5.01. The average Bonchev–Trinajstić information content (AvgIpc) is 3.05. The molecule has 2 aliphatic rings. The van der Waals surface area contributed by atoms with Crippen LogP contribution in [-0.4, -0.2) is 75.3 Å². The summed E-state index contributed by atoms with van der Waals surface area (Å²) in [6.07, 6.45) is -1.83. The van der Waals surface area contributed by atoms with Gasteiger partial charge in [-0.25, -0.2) is 14.4 Å². The standard InChI is InChI=1S/C17H19N3O7/c21-11-6-13(15(23)24)19(7-11)17(26)20-8-12(14(20)22)18-16(25)27-9-10-4-2-1-3-5-10/h1-5,11-13,21H,6-9H2,(H,18,25)(H,23,24)/t11-,12+,13+/m1/s1. The molecule has 0 bridgehead atoms. The first kappa shape index (κ1) is 18.6. The van der Waals surface area contributed by atoms with Crippen molar-refractivity contribution in [3.8, 4) is 0 Å². The van der Waals surface area contributed by atoms with Crippen LogP contribution < -0.4 is 5.32 Å². The van der Waals surface area contributed by atoms with Crippen molar-refractivity contribution in [2.24, 2.45) is 0 Å². The molecular formula is C17H19N3O7. The number of rotatable bonds is 4. The molecular weight excluding hydrogens is 358 g/mol. The Morgan fingerprint density at radius 3 is 2.52 bits per heavy atom. The predicted molar refractivity (Wildman–Crippen MR) is 89.4 cm³/mol. The first-order valence-corrected chi connectivity index (χ1v) is 8.37. The van der Waals surface area contributed by atoms with Gasteiger partial charge in [-0.2, -0.15) is 0 Å². The fraction of sp³-hybridized carbons (Fsp3) is 0.412. The van der Waals surface area contributed by atoms with E-state index in [1.807, 2.05) is 6.07 Å². The number of aliphatic hydroxyl groups excluding tert-OH is 1. The number of urea groups is 1. The fourth-order valence-corrected chi connectivity index (χ4v) is 3.03. The second-order valence-electron chi connectivity index (χ2n) is 6.39. The van der Waals surface area contributed by atoms with E-state index in [0.717, 1.165) is 15.4 Å². The lowest BCUT2D eigenvalue weighted by molar-refractivity contribution is -0.144. The minimum atomic E-state index is -1.24. The van der Waals surface area contributed by atoms with Crippen LogP contribution in [0, 0.1) is 0 Å². The molecule has 2 saturated heterocycles. The number of hydrogen-bond acceptors (Lipinski definition) is 6. The van der Waals surface area contributed by atoms with Crippen LogP contribution in [0.5, 0.6) is 0 Å². The number of nitrogens with one attached hydrogen (secondary N) is 1. The first-order valence-electron chi connectivity index (χ1n) is 8.37. The van der Waals surface area contributed by atoms with Crippen LogP contribution in [0.1, 0.15) is 12.0 Å². The molecule has 1 aromatic rings. The van der Waals surface area contributed by atoms with Gasteiger partial charge in [0.25, 0.3) is 5.91 Å². The lowest BCUT2D eigenvalue weighted by Crippen LogP contribution is -2.68. The number of nitrogens with zero attached hydrogens (tertiary/aromatic N) is 2. The molecule has 2 heterocycles. The van der Waals surface area contributed by atoms with Crippen LogP contribution in [0.2, 0.25) is 0 Å². The van der Waals surface area contributed by atoms with Crippen molar-refractivity contribution in [2.45, 2.75) is 31.2 Å². The van der Waals surface area contributed by atoms with Crippen molar-refractivity contribution < 1.29 is 34.1 Å². The number of β-lactam (4-membered cyclic amide) rings is 1. The van der Waals surface area contributed by atoms with Gasteiger partial charge in [-0.05, 0) is 5.56 Å². The van der Waals surface area contributed by atoms with Gasteiger partial charge in [0, 0.05) is 13.0 Å². The summed E-state index contributed by atoms with van der Waals surface area (Å²) in [5.74, 6) is -1.89. The molecule has 0 radical (unpaired) electrons. The van der Waals surface area contributed by atoms with E-state index in [2.05, 4.69) is 5.32 Å². The molecule has 1 aromatic carbocycles. The highest BCUT2D eigenvalue weighted by molar-refractivity contribution is 6.04. The van der Waals surface area contributed by atoms with Crippen molar-refractivity contribution in [1.29, 1.82) is 0 Å². The third kappa shape index (κ3) is 4.00. The van der Waals surface area contributed by atoms with E-state index in [1.54, 1.807) is 24.3 Å². The summed E-state index contributed by atoms with van der Waals surface area (Å²) in [7, 11) is 0. The summed E-state index contributed by atoms with van der Waals surface area (Å²) in [6.45, 7) is -0.198. The smallest absolute Gasteiger partial charge is 0.408 e. The lowest BCUT2D eigenvalue weighted by Gasteiger charge is -2.39. The predicted octanol–water partition coefficient (Wildman–Crippen LogP) is -0.237. The van der Waals surface area contributed by atoms with Gasteiger partial charge in [-0.15, -0.1) is 0 Å². The van der Waals surface area contributed by atoms with Gasteiger partial charge in [-0.3, -0.25) is 9.69 Å². The number of likely N-dealkylation sites (tertiary alicyclic amines) is 2. The van der Waals surface area contributed by atoms with Gasteiger partial charge in [-0.1, -0.05) is 30.3 Å². The van der Waals surface area contributed by atoms with Crippen LogP contribution in [0.4, 0.5) is 9.59 Å². The highest BCUT2D eigenvalue weighted by Gasteiger charge is 2.48. The molecule has 0 saturated carbocycles. The van der Waals surface area contributed by atoms with Gasteiger partial charge in [0.05, 0.1) is 12.6 Å². The Morgan fingerprint density at radius 2 is 1.89 bits per heavy atom. The molecule has 0 aliphatic carbocycles. The number of alkyl carbamates (subject to hydrolysis) is 1. The minimum absolute atomic E-state index is 0.0438. The highest BCUT2D eigenvalue weighted by atomic mass is 16.5. The Balaban J connectivity index is 1.48. The van der Waals surface area contributed by atoms with Crippen LogP contribution in [0.25, 0.3) is 0 Å². The number of ether oxygens (including phenoxy) is 1. The molecule has 4 amide bonds. The molecule has 10 heteroatoms. The van der Waals surface area contributed by atoms with Crippen LogP contribution >= 0.6 is 0 Å². The maximum atomic E-state index is 12.4. The van der Waals surface area contributed by atoms with Crippen molar-refractivity contribution in [2.75, 3.05) is 13.1 Å². The molecule has 2 fully saturated rings. The van der Waals surface area contributed by atoms with E-state index in [-0.39, 0.29) is 26.1 Å². The summed E-state index contributed by atoms with van der Waals surface area (Å²) >= 11 is 0. The van der Waals surface area contributed by atoms with Gasteiger partial charge in [0.15, 0.2) is 0 Å². The zero-order chi connectivity index (χ0) is 19.6. The molecule has 10 nitrogen and oxygen atoms in total. The van der Waals surface area contributed by atoms with Crippen molar-refractivity contribution in [3.05, 3.63) is 35.9 Å². The number of aliphatic carboxylic acids is 1. The Labute approximate surface area is 154 Å². The van der Waals surface area contributed by atoms with E-state index >= 15 is 0 Å². The summed E-state index contributed by atoms with van der Waals surface area (Å²) in [6, 6.07) is 6.12. The maximum Gasteiger partial charge on any atom is 0.408 e. The third-order valence-corrected chi connectivity index (χ3v) is 4.47. The molecule has 0 spiro atoms. The normalized spacial score (nSPS) is 24.3. The summed E-state index contributed by atoms with van der Waals surface area (Å²) in [4.78, 5) is 49.2. The lowest BCUT2D eigenvalue weighted by atomic mass is 10.1. The number of imide groups is 1. The van der Waals surface area contributed by atoms with Gasteiger partial charge in [0.1, 0.15) is 18.7 Å². The first-order chi connectivity index (χ1) is 12.9. The Morgan fingerprint density at radius 1 is 1.19 bits per heavy atom. The molecule has 3 N–H and O–H groups in total. The SMILES string of the molecule is O=C(N[C@H]1CN(C(=O)N2C[C@H](O)C[C@H]2C(=O)O)C1=O)OCc1ccccc1. The number of benzene rings is 1. The van der Waals surface area contributed by atoms with Crippen molar-refractivity contribution in [3.63, 3.8) is 0 Å². The molecule has 27 heavy (non-hydrogen) atoms. The van der Waals surface area contributed by atoms with E-state index in [1.165, 1.54) is 0 Å². The van der Waals surface area contributed by atoms with E-state index < -0.39 is 42.2 Å². The topological polar surface area (TPSA) is 136 Å². The number of carboxylic acid groups (broad SMARTS) is 1. The van der Waals surface area contributed by atoms with E-state index in [0.29, 0.717) is 0 Å². The molecule has 2 aliphatic heterocycles. The van der Waals surface area contributed by atoms with E-state index in [9.17, 15) is 24.3 Å². The maximum absolute atomic E-state index is 12.4. The second-order valence-corrected chi connectivity index (χ2v) is 6.39. The largest absolute Gasteiger partial charge is 0.480 e. The number of hydrogen-bond donors (Lipinski definition) is 3. The monoisotopic (exact) mass is 377 g/mol. The Bertz CT molecular complexity index is 754. The van der Waals surface area contributed by atoms with Gasteiger partial charge in [0.2, 0.25) is 0 Å². The molecule has 0 aromatic heterocycles. The van der Waals surface area contributed by atoms with Crippen LogP contribution in [0.15, 0.2) is 30.3 Å². The number of β-amino-alcohol motifs (C(OH)–C–C–N with tert-alkyl or cyclic N) is 1. The Kier molecular flexibility index (Phi) is 5.26. The number of carbonyl (C=O) groups excluding carboxylic acids is 3. The summed E-state index contributed by atoms with van der Waals surface area (Å²) in [5, 5.41) is 21.1. The Hall–Kier alpha value is -3.14. The molecule has 3 rings (SSSR count). The molecule has 3 atom stereocenters. The zero-order valence-electron chi connectivity index (χ0n) is 14.3.